The molecule has 20 heavy (non-hydrogen) atoms. The molecular formula is C13H14Cl2N2O3. The standard InChI is InChI=1S/C13H14Cl2N2O3/c1-20-12(18)11-3-2-6-17(11)13(19)16-8-4-5-9(14)10(15)7-8/h4-5,7,11H,2-3,6H2,1H3,(H,16,19)/t11-/m0/s1. The first kappa shape index (κ1) is 14.9. The van der Waals surface area contributed by atoms with E-state index in [2.05, 4.69) is 5.32 Å². The Hall–Kier alpha value is -1.46. The maximum atomic E-state index is 12.2. The molecule has 1 heterocycles. The average molecular weight is 317 g/mol. The molecule has 108 valence electrons. The number of esters is 1. The summed E-state index contributed by atoms with van der Waals surface area (Å²) in [5.41, 5.74) is 0.528. The predicted molar refractivity (Wildman–Crippen MR) is 77.2 cm³/mol. The molecule has 0 bridgehead atoms. The summed E-state index contributed by atoms with van der Waals surface area (Å²) < 4.78 is 4.70. The molecule has 0 unspecified atom stereocenters. The van der Waals surface area contributed by atoms with Crippen LogP contribution in [0.3, 0.4) is 0 Å². The minimum Gasteiger partial charge on any atom is -0.467 e. The monoisotopic (exact) mass is 316 g/mol. The van der Waals surface area contributed by atoms with Gasteiger partial charge >= 0.3 is 12.0 Å². The third kappa shape index (κ3) is 3.16. The second-order valence-corrected chi connectivity index (χ2v) is 5.25. The highest BCUT2D eigenvalue weighted by Gasteiger charge is 2.34. The number of amides is 2. The zero-order valence-electron chi connectivity index (χ0n) is 10.9. The lowest BCUT2D eigenvalue weighted by Gasteiger charge is -2.23. The quantitative estimate of drug-likeness (QED) is 0.853. The molecule has 0 spiro atoms. The van der Waals surface area contributed by atoms with Gasteiger partial charge in [0.2, 0.25) is 0 Å². The van der Waals surface area contributed by atoms with Crippen LogP contribution in [0.2, 0.25) is 10.0 Å². The van der Waals surface area contributed by atoms with E-state index in [4.69, 9.17) is 27.9 Å². The van der Waals surface area contributed by atoms with Gasteiger partial charge in [0, 0.05) is 12.2 Å². The van der Waals surface area contributed by atoms with Gasteiger partial charge in [-0.15, -0.1) is 0 Å². The zero-order valence-corrected chi connectivity index (χ0v) is 12.4. The van der Waals surface area contributed by atoms with Gasteiger partial charge in [0.05, 0.1) is 17.2 Å². The summed E-state index contributed by atoms with van der Waals surface area (Å²) in [6, 6.07) is 3.93. The number of hydrogen-bond acceptors (Lipinski definition) is 3. The van der Waals surface area contributed by atoms with E-state index < -0.39 is 12.0 Å². The Morgan fingerprint density at radius 1 is 1.35 bits per heavy atom. The number of nitrogens with one attached hydrogen (secondary N) is 1. The first-order valence-electron chi connectivity index (χ1n) is 6.13. The minimum atomic E-state index is -0.525. The Labute approximate surface area is 126 Å². The van der Waals surface area contributed by atoms with Crippen LogP contribution in [0, 0.1) is 0 Å². The SMILES string of the molecule is COC(=O)[C@@H]1CCCN1C(=O)Nc1ccc(Cl)c(Cl)c1. The topological polar surface area (TPSA) is 58.6 Å². The minimum absolute atomic E-state index is 0.351. The van der Waals surface area contributed by atoms with E-state index in [1.54, 1.807) is 18.2 Å². The number of benzene rings is 1. The lowest BCUT2D eigenvalue weighted by atomic mass is 10.2. The number of anilines is 1. The first-order chi connectivity index (χ1) is 9.52. The number of methoxy groups -OCH3 is 1. The summed E-state index contributed by atoms with van der Waals surface area (Å²) in [4.78, 5) is 25.2. The summed E-state index contributed by atoms with van der Waals surface area (Å²) in [7, 11) is 1.32. The summed E-state index contributed by atoms with van der Waals surface area (Å²) >= 11 is 11.7. The van der Waals surface area contributed by atoms with Crippen molar-refractivity contribution in [2.24, 2.45) is 0 Å². The molecule has 0 aliphatic carbocycles. The normalized spacial score (nSPS) is 17.9. The van der Waals surface area contributed by atoms with Gasteiger partial charge < -0.3 is 15.0 Å². The molecule has 0 saturated carbocycles. The van der Waals surface area contributed by atoms with Crippen molar-refractivity contribution in [1.29, 1.82) is 0 Å². The van der Waals surface area contributed by atoms with Gasteiger partial charge in [0.25, 0.3) is 0 Å². The molecule has 1 aromatic carbocycles. The molecule has 1 N–H and O–H groups in total. The highest BCUT2D eigenvalue weighted by molar-refractivity contribution is 6.42. The van der Waals surface area contributed by atoms with Crippen LogP contribution in [0.15, 0.2) is 18.2 Å². The van der Waals surface area contributed by atoms with Gasteiger partial charge in [0.15, 0.2) is 0 Å². The van der Waals surface area contributed by atoms with Crippen LogP contribution in [-0.4, -0.2) is 36.6 Å². The van der Waals surface area contributed by atoms with E-state index in [0.29, 0.717) is 28.7 Å². The van der Waals surface area contributed by atoms with Crippen molar-refractivity contribution in [1.82, 2.24) is 4.90 Å². The van der Waals surface area contributed by atoms with Crippen LogP contribution >= 0.6 is 23.2 Å². The third-order valence-electron chi connectivity index (χ3n) is 3.16. The van der Waals surface area contributed by atoms with E-state index in [-0.39, 0.29) is 6.03 Å². The summed E-state index contributed by atoms with van der Waals surface area (Å²) in [5.74, 6) is -0.396. The molecule has 5 nitrogen and oxygen atoms in total. The van der Waals surface area contributed by atoms with Gasteiger partial charge in [-0.1, -0.05) is 23.2 Å². The van der Waals surface area contributed by atoms with Crippen LogP contribution in [0.1, 0.15) is 12.8 Å². The number of carbonyl (C=O) groups is 2. The molecule has 1 aliphatic rings. The number of ether oxygens (including phenoxy) is 1. The van der Waals surface area contributed by atoms with Crippen molar-refractivity contribution in [3.05, 3.63) is 28.2 Å². The fraction of sp³-hybridized carbons (Fsp3) is 0.385. The second kappa shape index (κ2) is 6.33. The molecule has 2 rings (SSSR count). The summed E-state index contributed by atoms with van der Waals surface area (Å²) in [5, 5.41) is 3.47. The van der Waals surface area contributed by atoms with E-state index in [0.717, 1.165) is 6.42 Å². The van der Waals surface area contributed by atoms with Gasteiger partial charge in [-0.25, -0.2) is 9.59 Å². The smallest absolute Gasteiger partial charge is 0.328 e. The number of urea groups is 1. The Morgan fingerprint density at radius 3 is 2.75 bits per heavy atom. The molecule has 1 saturated heterocycles. The molecule has 7 heteroatoms. The van der Waals surface area contributed by atoms with Crippen molar-refractivity contribution < 1.29 is 14.3 Å². The summed E-state index contributed by atoms with van der Waals surface area (Å²) in [6.45, 7) is 0.521. The number of carbonyl (C=O) groups excluding carboxylic acids is 2. The molecule has 2 amide bonds. The Balaban J connectivity index is 2.07. The Morgan fingerprint density at radius 2 is 2.10 bits per heavy atom. The zero-order chi connectivity index (χ0) is 14.7. The van der Waals surface area contributed by atoms with Gasteiger partial charge in [-0.05, 0) is 31.0 Å². The van der Waals surface area contributed by atoms with Crippen LogP contribution in [0.25, 0.3) is 0 Å². The molecule has 0 aromatic heterocycles. The van der Waals surface area contributed by atoms with Gasteiger partial charge in [-0.3, -0.25) is 0 Å². The Kier molecular flexibility index (Phi) is 4.73. The van der Waals surface area contributed by atoms with Crippen molar-refractivity contribution in [3.63, 3.8) is 0 Å². The lowest BCUT2D eigenvalue weighted by molar-refractivity contribution is -0.144. The molecule has 0 radical (unpaired) electrons. The molecule has 1 atom stereocenters. The third-order valence-corrected chi connectivity index (χ3v) is 3.90. The van der Waals surface area contributed by atoms with Crippen molar-refractivity contribution >= 4 is 40.9 Å². The first-order valence-corrected chi connectivity index (χ1v) is 6.89. The second-order valence-electron chi connectivity index (χ2n) is 4.43. The van der Waals surface area contributed by atoms with E-state index in [1.807, 2.05) is 0 Å². The molecule has 1 fully saturated rings. The summed E-state index contributed by atoms with van der Waals surface area (Å²) in [6.07, 6.45) is 1.38. The molecule has 1 aromatic rings. The van der Waals surface area contributed by atoms with E-state index in [1.165, 1.54) is 12.0 Å². The lowest BCUT2D eigenvalue weighted by Crippen LogP contribution is -2.43. The number of hydrogen-bond donors (Lipinski definition) is 1. The Bertz CT molecular complexity index is 536. The highest BCUT2D eigenvalue weighted by Crippen LogP contribution is 2.26. The maximum Gasteiger partial charge on any atom is 0.328 e. The van der Waals surface area contributed by atoms with E-state index in [9.17, 15) is 9.59 Å². The number of rotatable bonds is 2. The van der Waals surface area contributed by atoms with Crippen LogP contribution < -0.4 is 5.32 Å². The number of nitrogens with zero attached hydrogens (tertiary/aromatic N) is 1. The van der Waals surface area contributed by atoms with Gasteiger partial charge in [0.1, 0.15) is 6.04 Å². The number of likely N-dealkylation sites (tertiary alicyclic amines) is 1. The average Bonchev–Trinajstić information content (AvgIpc) is 2.91. The van der Waals surface area contributed by atoms with Crippen LogP contribution in [0.4, 0.5) is 10.5 Å². The van der Waals surface area contributed by atoms with Crippen molar-refractivity contribution in [2.75, 3.05) is 19.0 Å². The van der Waals surface area contributed by atoms with Crippen LogP contribution in [-0.2, 0) is 9.53 Å². The largest absolute Gasteiger partial charge is 0.467 e. The molecular weight excluding hydrogens is 303 g/mol. The number of halogens is 2. The highest BCUT2D eigenvalue weighted by atomic mass is 35.5. The van der Waals surface area contributed by atoms with Gasteiger partial charge in [-0.2, -0.15) is 0 Å². The molecule has 1 aliphatic heterocycles. The van der Waals surface area contributed by atoms with E-state index >= 15 is 0 Å². The fourth-order valence-electron chi connectivity index (χ4n) is 2.16. The van der Waals surface area contributed by atoms with Crippen molar-refractivity contribution in [2.45, 2.75) is 18.9 Å². The van der Waals surface area contributed by atoms with Crippen molar-refractivity contribution in [3.8, 4) is 0 Å². The maximum absolute atomic E-state index is 12.2. The predicted octanol–water partition coefficient (Wildman–Crippen LogP) is 3.16. The van der Waals surface area contributed by atoms with Crippen LogP contribution in [0.5, 0.6) is 0 Å². The fourth-order valence-corrected chi connectivity index (χ4v) is 2.46.